The highest BCUT2D eigenvalue weighted by molar-refractivity contribution is 7.25. The number of hydrogen-bond acceptors (Lipinski definition) is 2. The second-order valence-corrected chi connectivity index (χ2v) is 6.58. The maximum absolute atomic E-state index is 3.40. The summed E-state index contributed by atoms with van der Waals surface area (Å²) in [5.41, 5.74) is 4.13. The minimum atomic E-state index is 0.963. The van der Waals surface area contributed by atoms with E-state index in [9.17, 15) is 0 Å². The third kappa shape index (κ3) is 2.74. The fraction of sp³-hybridized carbons (Fsp3) is 0.263. The summed E-state index contributed by atoms with van der Waals surface area (Å²) in [5, 5.41) is 6.15. The van der Waals surface area contributed by atoms with E-state index in [1.165, 1.54) is 36.9 Å². The normalized spacial score (nSPS) is 12.9. The zero-order valence-corrected chi connectivity index (χ0v) is 13.7. The molecule has 1 aromatic heterocycles. The number of rotatable bonds is 4. The van der Waals surface area contributed by atoms with E-state index in [0.717, 1.165) is 13.1 Å². The first-order chi connectivity index (χ1) is 10.2. The minimum Gasteiger partial charge on any atom is -0.313 e. The molecule has 0 aliphatic rings. The van der Waals surface area contributed by atoms with E-state index in [1.807, 2.05) is 11.3 Å². The van der Waals surface area contributed by atoms with Crippen LogP contribution in [0.5, 0.6) is 0 Å². The molecule has 2 aromatic carbocycles. The first-order valence-electron chi connectivity index (χ1n) is 7.49. The number of allylic oxidation sites excluding steroid dienone is 1. The zero-order valence-electron chi connectivity index (χ0n) is 12.9. The highest BCUT2D eigenvalue weighted by atomic mass is 32.1. The van der Waals surface area contributed by atoms with Gasteiger partial charge in [0.1, 0.15) is 0 Å². The van der Waals surface area contributed by atoms with E-state index < -0.39 is 0 Å². The van der Waals surface area contributed by atoms with Gasteiger partial charge >= 0.3 is 0 Å². The molecule has 0 unspecified atom stereocenters. The van der Waals surface area contributed by atoms with Gasteiger partial charge in [-0.15, -0.1) is 11.3 Å². The van der Waals surface area contributed by atoms with Gasteiger partial charge in [0.2, 0.25) is 0 Å². The molecule has 0 spiro atoms. The van der Waals surface area contributed by atoms with Crippen molar-refractivity contribution in [2.24, 2.45) is 0 Å². The molecule has 1 nitrogen and oxygen atoms in total. The molecule has 3 rings (SSSR count). The summed E-state index contributed by atoms with van der Waals surface area (Å²) < 4.78 is 2.74. The summed E-state index contributed by atoms with van der Waals surface area (Å²) in [6.45, 7) is 8.56. The molecule has 1 N–H and O–H groups in total. The van der Waals surface area contributed by atoms with E-state index in [4.69, 9.17) is 0 Å². The quantitative estimate of drug-likeness (QED) is 0.674. The van der Waals surface area contributed by atoms with E-state index in [1.54, 1.807) is 0 Å². The maximum Gasteiger partial charge on any atom is 0.0355 e. The molecule has 0 radical (unpaired) electrons. The topological polar surface area (TPSA) is 12.0 Å². The Balaban J connectivity index is 2.10. The second-order valence-electron chi connectivity index (χ2n) is 5.49. The van der Waals surface area contributed by atoms with Gasteiger partial charge in [0.15, 0.2) is 0 Å². The predicted molar refractivity (Wildman–Crippen MR) is 96.1 cm³/mol. The molecule has 0 aliphatic carbocycles. The standard InChI is InChI=1S/C19H21NS/c1-4-20-12-13(2)14(3)15-9-10-19-17(11-15)16-7-5-6-8-18(16)21-19/h5-11,20H,4,12H2,1-3H3. The van der Waals surface area contributed by atoms with Gasteiger partial charge in [-0.05, 0) is 49.7 Å². The molecule has 2 heteroatoms. The van der Waals surface area contributed by atoms with Gasteiger partial charge in [-0.3, -0.25) is 0 Å². The van der Waals surface area contributed by atoms with Crippen molar-refractivity contribution in [2.45, 2.75) is 20.8 Å². The Morgan fingerprint density at radius 3 is 2.57 bits per heavy atom. The van der Waals surface area contributed by atoms with Crippen LogP contribution in [0.15, 0.2) is 48.0 Å². The summed E-state index contributed by atoms with van der Waals surface area (Å²) in [4.78, 5) is 0. The van der Waals surface area contributed by atoms with Gasteiger partial charge in [-0.2, -0.15) is 0 Å². The van der Waals surface area contributed by atoms with Crippen LogP contribution in [0.4, 0.5) is 0 Å². The lowest BCUT2D eigenvalue weighted by atomic mass is 10.00. The number of likely N-dealkylation sites (N-methyl/N-ethyl adjacent to an activating group) is 1. The zero-order chi connectivity index (χ0) is 14.8. The third-order valence-corrected chi connectivity index (χ3v) is 5.24. The van der Waals surface area contributed by atoms with Crippen molar-refractivity contribution < 1.29 is 0 Å². The van der Waals surface area contributed by atoms with Gasteiger partial charge in [0.25, 0.3) is 0 Å². The summed E-state index contributed by atoms with van der Waals surface area (Å²) in [7, 11) is 0. The Bertz CT molecular complexity index is 811. The van der Waals surface area contributed by atoms with E-state index in [2.05, 4.69) is 68.6 Å². The smallest absolute Gasteiger partial charge is 0.0355 e. The second kappa shape index (κ2) is 6.00. The largest absolute Gasteiger partial charge is 0.313 e. The molecule has 1 heterocycles. The molecular formula is C19H21NS. The number of hydrogen-bond donors (Lipinski definition) is 1. The van der Waals surface area contributed by atoms with E-state index in [-0.39, 0.29) is 0 Å². The maximum atomic E-state index is 3.40. The average Bonchev–Trinajstić information content (AvgIpc) is 2.89. The first-order valence-corrected chi connectivity index (χ1v) is 8.31. The molecule has 108 valence electrons. The first kappa shape index (κ1) is 14.3. The van der Waals surface area contributed by atoms with Gasteiger partial charge in [-0.25, -0.2) is 0 Å². The van der Waals surface area contributed by atoms with Crippen molar-refractivity contribution in [3.63, 3.8) is 0 Å². The van der Waals surface area contributed by atoms with Gasteiger partial charge in [-0.1, -0.05) is 36.8 Å². The number of benzene rings is 2. The lowest BCUT2D eigenvalue weighted by Gasteiger charge is -2.09. The van der Waals surface area contributed by atoms with Crippen molar-refractivity contribution >= 4 is 37.1 Å². The van der Waals surface area contributed by atoms with Crippen LogP contribution in [-0.2, 0) is 0 Å². The molecule has 0 bridgehead atoms. The van der Waals surface area contributed by atoms with Crippen LogP contribution in [0.3, 0.4) is 0 Å². The lowest BCUT2D eigenvalue weighted by molar-refractivity contribution is 0.777. The molecule has 0 fully saturated rings. The van der Waals surface area contributed by atoms with Crippen molar-refractivity contribution in [3.8, 4) is 0 Å². The van der Waals surface area contributed by atoms with E-state index >= 15 is 0 Å². The summed E-state index contributed by atoms with van der Waals surface area (Å²) in [5.74, 6) is 0. The van der Waals surface area contributed by atoms with Crippen molar-refractivity contribution in [1.29, 1.82) is 0 Å². The highest BCUT2D eigenvalue weighted by Gasteiger charge is 2.07. The van der Waals surface area contributed by atoms with Crippen LogP contribution in [0.25, 0.3) is 25.7 Å². The van der Waals surface area contributed by atoms with Gasteiger partial charge in [0.05, 0.1) is 0 Å². The Kier molecular flexibility index (Phi) is 4.09. The molecule has 3 aromatic rings. The molecule has 0 saturated heterocycles. The molecule has 0 aliphatic heterocycles. The SMILES string of the molecule is CCNCC(C)=C(C)c1ccc2sc3ccccc3c2c1. The van der Waals surface area contributed by atoms with Crippen molar-refractivity contribution in [1.82, 2.24) is 5.32 Å². The van der Waals surface area contributed by atoms with Crippen LogP contribution in [-0.4, -0.2) is 13.1 Å². The molecule has 0 atom stereocenters. The van der Waals surface area contributed by atoms with Crippen molar-refractivity contribution in [3.05, 3.63) is 53.6 Å². The third-order valence-electron chi connectivity index (χ3n) is 4.09. The molecule has 21 heavy (non-hydrogen) atoms. The van der Waals surface area contributed by atoms with Crippen LogP contribution in [0.1, 0.15) is 26.3 Å². The molecule has 0 amide bonds. The van der Waals surface area contributed by atoms with Crippen LogP contribution in [0, 0.1) is 0 Å². The van der Waals surface area contributed by atoms with Crippen LogP contribution >= 0.6 is 11.3 Å². The summed E-state index contributed by atoms with van der Waals surface area (Å²) in [6, 6.07) is 15.5. The Labute approximate surface area is 130 Å². The monoisotopic (exact) mass is 295 g/mol. The van der Waals surface area contributed by atoms with E-state index in [0.29, 0.717) is 0 Å². The summed E-state index contributed by atoms with van der Waals surface area (Å²) >= 11 is 1.88. The fourth-order valence-corrected chi connectivity index (χ4v) is 3.74. The number of fused-ring (bicyclic) bond motifs is 3. The number of nitrogens with one attached hydrogen (secondary N) is 1. The molecular weight excluding hydrogens is 274 g/mol. The van der Waals surface area contributed by atoms with Crippen LogP contribution < -0.4 is 5.32 Å². The Hall–Kier alpha value is -1.64. The molecule has 0 saturated carbocycles. The Morgan fingerprint density at radius 1 is 1.00 bits per heavy atom. The van der Waals surface area contributed by atoms with Crippen molar-refractivity contribution in [2.75, 3.05) is 13.1 Å². The summed E-state index contributed by atoms with van der Waals surface area (Å²) in [6.07, 6.45) is 0. The minimum absolute atomic E-state index is 0.963. The average molecular weight is 295 g/mol. The van der Waals surface area contributed by atoms with Gasteiger partial charge < -0.3 is 5.32 Å². The van der Waals surface area contributed by atoms with Gasteiger partial charge in [0, 0.05) is 26.7 Å². The Morgan fingerprint density at radius 2 is 1.76 bits per heavy atom. The fourth-order valence-electron chi connectivity index (χ4n) is 2.65. The predicted octanol–water partition coefficient (Wildman–Crippen LogP) is 5.46. The lowest BCUT2D eigenvalue weighted by Crippen LogP contribution is -2.15. The number of thiophene rings is 1. The highest BCUT2D eigenvalue weighted by Crippen LogP contribution is 2.35. The van der Waals surface area contributed by atoms with Crippen LogP contribution in [0.2, 0.25) is 0 Å².